The largest absolute Gasteiger partial charge is 0.497 e. The maximum atomic E-state index is 6.02. The van der Waals surface area contributed by atoms with Gasteiger partial charge in [0.1, 0.15) is 16.8 Å². The lowest BCUT2D eigenvalue weighted by atomic mass is 10.2. The Morgan fingerprint density at radius 3 is 2.91 bits per heavy atom. The SMILES string of the molecule is COc1ccc2oc(Nc3nc4c(N)cc(C)cc4s3)nc2c1. The van der Waals surface area contributed by atoms with Crippen LogP contribution >= 0.6 is 11.3 Å². The first-order valence-corrected chi connectivity index (χ1v) is 7.82. The van der Waals surface area contributed by atoms with Crippen LogP contribution in [-0.4, -0.2) is 17.1 Å². The number of hydrogen-bond donors (Lipinski definition) is 2. The van der Waals surface area contributed by atoms with Crippen LogP contribution < -0.4 is 15.8 Å². The molecule has 0 fully saturated rings. The van der Waals surface area contributed by atoms with Gasteiger partial charge < -0.3 is 14.9 Å². The highest BCUT2D eigenvalue weighted by atomic mass is 32.1. The molecule has 0 bridgehead atoms. The Hall–Kier alpha value is -2.80. The first-order valence-electron chi connectivity index (χ1n) is 7.00. The zero-order chi connectivity index (χ0) is 16.0. The van der Waals surface area contributed by atoms with E-state index < -0.39 is 0 Å². The Morgan fingerprint density at radius 2 is 2.09 bits per heavy atom. The molecule has 0 unspecified atom stereocenters. The summed E-state index contributed by atoms with van der Waals surface area (Å²) in [4.78, 5) is 8.91. The molecule has 23 heavy (non-hydrogen) atoms. The second-order valence-corrected chi connectivity index (χ2v) is 6.23. The highest BCUT2D eigenvalue weighted by Gasteiger charge is 2.11. The van der Waals surface area contributed by atoms with Crippen molar-refractivity contribution < 1.29 is 9.15 Å². The molecule has 0 spiro atoms. The summed E-state index contributed by atoms with van der Waals surface area (Å²) in [7, 11) is 1.62. The van der Waals surface area contributed by atoms with E-state index in [2.05, 4.69) is 21.4 Å². The van der Waals surface area contributed by atoms with Gasteiger partial charge in [0, 0.05) is 6.07 Å². The Bertz CT molecular complexity index is 1020. The lowest BCUT2D eigenvalue weighted by Crippen LogP contribution is -1.90. The standard InChI is InChI=1S/C16H14N4O2S/c1-8-5-10(17)14-13(6-8)23-16(19-14)20-15-18-11-7-9(21-2)3-4-12(11)22-15/h3-7H,17H2,1-2H3,(H,18,19,20). The number of methoxy groups -OCH3 is 1. The van der Waals surface area contributed by atoms with Crippen molar-refractivity contribution in [1.29, 1.82) is 0 Å². The summed E-state index contributed by atoms with van der Waals surface area (Å²) in [5.74, 6) is 0.737. The van der Waals surface area contributed by atoms with Crippen molar-refractivity contribution in [3.8, 4) is 5.75 Å². The minimum absolute atomic E-state index is 0.391. The lowest BCUT2D eigenvalue weighted by Gasteiger charge is -1.96. The number of oxazole rings is 1. The number of nitrogens with two attached hydrogens (primary N) is 1. The van der Waals surface area contributed by atoms with Crippen molar-refractivity contribution in [3.63, 3.8) is 0 Å². The summed E-state index contributed by atoms with van der Waals surface area (Å²) in [6.07, 6.45) is 0. The number of anilines is 3. The lowest BCUT2D eigenvalue weighted by molar-refractivity contribution is 0.415. The van der Waals surface area contributed by atoms with Crippen LogP contribution in [0.15, 0.2) is 34.7 Å². The molecule has 2 aromatic carbocycles. The van der Waals surface area contributed by atoms with Crippen molar-refractivity contribution in [1.82, 2.24) is 9.97 Å². The number of aromatic nitrogens is 2. The van der Waals surface area contributed by atoms with Gasteiger partial charge in [0.25, 0.3) is 0 Å². The quantitative estimate of drug-likeness (QED) is 0.552. The number of benzene rings is 2. The van der Waals surface area contributed by atoms with E-state index in [0.29, 0.717) is 22.4 Å². The average Bonchev–Trinajstić information content (AvgIpc) is 3.09. The number of hydrogen-bond acceptors (Lipinski definition) is 7. The molecule has 0 aliphatic heterocycles. The van der Waals surface area contributed by atoms with Gasteiger partial charge in [-0.2, -0.15) is 4.98 Å². The molecule has 4 aromatic rings. The monoisotopic (exact) mass is 326 g/mol. The van der Waals surface area contributed by atoms with Crippen molar-refractivity contribution in [2.75, 3.05) is 18.2 Å². The molecular weight excluding hydrogens is 312 g/mol. The van der Waals surface area contributed by atoms with Gasteiger partial charge in [-0.25, -0.2) is 4.98 Å². The van der Waals surface area contributed by atoms with E-state index in [9.17, 15) is 0 Å². The number of nitrogens with one attached hydrogen (secondary N) is 1. The van der Waals surface area contributed by atoms with Gasteiger partial charge in [0.05, 0.1) is 17.5 Å². The van der Waals surface area contributed by atoms with E-state index in [4.69, 9.17) is 14.9 Å². The molecule has 6 nitrogen and oxygen atoms in total. The van der Waals surface area contributed by atoms with Crippen molar-refractivity contribution >= 4 is 49.5 Å². The smallest absolute Gasteiger partial charge is 0.302 e. The number of ether oxygens (including phenoxy) is 1. The van der Waals surface area contributed by atoms with Crippen molar-refractivity contribution in [2.45, 2.75) is 6.92 Å². The van der Waals surface area contributed by atoms with E-state index in [1.165, 1.54) is 11.3 Å². The number of rotatable bonds is 3. The van der Waals surface area contributed by atoms with Gasteiger partial charge in [0.2, 0.25) is 0 Å². The van der Waals surface area contributed by atoms with Gasteiger partial charge in [-0.15, -0.1) is 0 Å². The van der Waals surface area contributed by atoms with Crippen LogP contribution in [0.5, 0.6) is 5.75 Å². The molecule has 0 atom stereocenters. The highest BCUT2D eigenvalue weighted by molar-refractivity contribution is 7.22. The Kier molecular flexibility index (Phi) is 3.09. The fourth-order valence-electron chi connectivity index (χ4n) is 2.43. The third-order valence-electron chi connectivity index (χ3n) is 3.48. The van der Waals surface area contributed by atoms with E-state index in [0.717, 1.165) is 27.0 Å². The van der Waals surface area contributed by atoms with Crippen LogP contribution in [0.4, 0.5) is 16.8 Å². The second kappa shape index (κ2) is 5.13. The molecular formula is C16H14N4O2S. The third kappa shape index (κ3) is 2.44. The molecule has 0 saturated carbocycles. The minimum Gasteiger partial charge on any atom is -0.497 e. The molecule has 4 rings (SSSR count). The molecule has 7 heteroatoms. The summed E-state index contributed by atoms with van der Waals surface area (Å²) in [6, 6.07) is 9.85. The predicted molar refractivity (Wildman–Crippen MR) is 92.6 cm³/mol. The van der Waals surface area contributed by atoms with Crippen LogP contribution in [0.25, 0.3) is 21.3 Å². The van der Waals surface area contributed by atoms with Gasteiger partial charge >= 0.3 is 6.01 Å². The zero-order valence-electron chi connectivity index (χ0n) is 12.6. The van der Waals surface area contributed by atoms with Gasteiger partial charge in [-0.05, 0) is 36.8 Å². The average molecular weight is 326 g/mol. The normalized spacial score (nSPS) is 11.2. The highest BCUT2D eigenvalue weighted by Crippen LogP contribution is 2.33. The van der Waals surface area contributed by atoms with Gasteiger partial charge in [0.15, 0.2) is 10.7 Å². The van der Waals surface area contributed by atoms with E-state index >= 15 is 0 Å². The number of fused-ring (bicyclic) bond motifs is 2. The molecule has 0 aliphatic rings. The van der Waals surface area contributed by atoms with E-state index in [1.54, 1.807) is 7.11 Å². The molecule has 0 aliphatic carbocycles. The topological polar surface area (TPSA) is 86.2 Å². The minimum atomic E-state index is 0.391. The van der Waals surface area contributed by atoms with Gasteiger partial charge in [-0.3, -0.25) is 5.32 Å². The molecule has 2 aromatic heterocycles. The molecule has 0 radical (unpaired) electrons. The maximum Gasteiger partial charge on any atom is 0.302 e. The Labute approximate surface area is 135 Å². The van der Waals surface area contributed by atoms with E-state index in [-0.39, 0.29) is 0 Å². The molecule has 2 heterocycles. The fourth-order valence-corrected chi connectivity index (χ4v) is 3.42. The Morgan fingerprint density at radius 1 is 1.22 bits per heavy atom. The zero-order valence-corrected chi connectivity index (χ0v) is 13.4. The van der Waals surface area contributed by atoms with Crippen LogP contribution in [0.2, 0.25) is 0 Å². The van der Waals surface area contributed by atoms with Crippen LogP contribution in [-0.2, 0) is 0 Å². The number of thiazole rings is 1. The molecule has 116 valence electrons. The Balaban J connectivity index is 1.71. The first kappa shape index (κ1) is 13.8. The maximum absolute atomic E-state index is 6.02. The van der Waals surface area contributed by atoms with Crippen LogP contribution in [0.3, 0.4) is 0 Å². The van der Waals surface area contributed by atoms with Crippen LogP contribution in [0.1, 0.15) is 5.56 Å². The molecule has 3 N–H and O–H groups in total. The summed E-state index contributed by atoms with van der Waals surface area (Å²) in [6.45, 7) is 2.01. The summed E-state index contributed by atoms with van der Waals surface area (Å²) >= 11 is 1.51. The van der Waals surface area contributed by atoms with Crippen molar-refractivity contribution in [2.24, 2.45) is 0 Å². The van der Waals surface area contributed by atoms with Gasteiger partial charge in [-0.1, -0.05) is 11.3 Å². The summed E-state index contributed by atoms with van der Waals surface area (Å²) in [5, 5.41) is 3.79. The number of nitrogen functional groups attached to an aromatic ring is 1. The number of nitrogens with zero attached hydrogens (tertiary/aromatic N) is 2. The third-order valence-corrected chi connectivity index (χ3v) is 4.40. The summed E-state index contributed by atoms with van der Waals surface area (Å²) < 4.78 is 11.9. The van der Waals surface area contributed by atoms with Crippen LogP contribution in [0, 0.1) is 6.92 Å². The predicted octanol–water partition coefficient (Wildman–Crippen LogP) is 4.08. The molecule has 0 amide bonds. The van der Waals surface area contributed by atoms with E-state index in [1.807, 2.05) is 31.2 Å². The number of aryl methyl sites for hydroxylation is 1. The summed E-state index contributed by atoms with van der Waals surface area (Å²) in [5.41, 5.74) is 10.0. The first-order chi connectivity index (χ1) is 11.1. The fraction of sp³-hybridized carbons (Fsp3) is 0.125. The molecule has 0 saturated heterocycles. The second-order valence-electron chi connectivity index (χ2n) is 5.20. The van der Waals surface area contributed by atoms with Crippen molar-refractivity contribution in [3.05, 3.63) is 35.9 Å².